The first-order valence-corrected chi connectivity index (χ1v) is 6.72. The van der Waals surface area contributed by atoms with Gasteiger partial charge in [-0.15, -0.1) is 0 Å². The molecule has 3 unspecified atom stereocenters. The average Bonchev–Trinajstić information content (AvgIpc) is 2.98. The minimum Gasteiger partial charge on any atom is -0.394 e. The van der Waals surface area contributed by atoms with Crippen LogP contribution in [0.5, 0.6) is 0 Å². The van der Waals surface area contributed by atoms with Crippen LogP contribution in [-0.4, -0.2) is 17.3 Å². The zero-order chi connectivity index (χ0) is 11.7. The van der Waals surface area contributed by atoms with Crippen LogP contribution in [0, 0.1) is 11.8 Å². The molecule has 3 atom stereocenters. The van der Waals surface area contributed by atoms with Gasteiger partial charge in [0.2, 0.25) is 0 Å². The fourth-order valence-corrected chi connectivity index (χ4v) is 3.78. The number of benzene rings is 1. The number of hydrogen-bond acceptors (Lipinski definition) is 2. The van der Waals surface area contributed by atoms with Crippen LogP contribution in [0.1, 0.15) is 31.2 Å². The smallest absolute Gasteiger partial charge is 0.0616 e. The normalized spacial score (nSPS) is 35.4. The standard InChI is InChI=1S/C15H21NO/c17-11-15(9-13-6-7-14(15)8-13)16-10-12-4-2-1-3-5-12/h1-5,13-14,16-17H,6-11H2. The molecular formula is C15H21NO. The molecule has 1 aromatic carbocycles. The summed E-state index contributed by atoms with van der Waals surface area (Å²) >= 11 is 0. The van der Waals surface area contributed by atoms with Crippen molar-refractivity contribution in [3.8, 4) is 0 Å². The second-order valence-electron chi connectivity index (χ2n) is 5.73. The summed E-state index contributed by atoms with van der Waals surface area (Å²) in [7, 11) is 0. The Morgan fingerprint density at radius 3 is 2.65 bits per heavy atom. The lowest BCUT2D eigenvalue weighted by Crippen LogP contribution is -2.52. The number of aliphatic hydroxyl groups excluding tert-OH is 1. The van der Waals surface area contributed by atoms with Gasteiger partial charge in [-0.25, -0.2) is 0 Å². The van der Waals surface area contributed by atoms with Gasteiger partial charge >= 0.3 is 0 Å². The third-order valence-corrected chi connectivity index (χ3v) is 4.75. The highest BCUT2D eigenvalue weighted by Gasteiger charge is 2.50. The third-order valence-electron chi connectivity index (χ3n) is 4.75. The van der Waals surface area contributed by atoms with E-state index in [2.05, 4.69) is 29.6 Å². The van der Waals surface area contributed by atoms with Crippen LogP contribution in [0.15, 0.2) is 30.3 Å². The van der Waals surface area contributed by atoms with Gasteiger partial charge in [-0.1, -0.05) is 36.8 Å². The van der Waals surface area contributed by atoms with Crippen LogP contribution in [-0.2, 0) is 6.54 Å². The highest BCUT2D eigenvalue weighted by molar-refractivity contribution is 5.16. The SMILES string of the molecule is OCC1(NCc2ccccc2)CC2CCC1C2. The van der Waals surface area contributed by atoms with Crippen LogP contribution >= 0.6 is 0 Å². The Labute approximate surface area is 103 Å². The van der Waals surface area contributed by atoms with Crippen LogP contribution in [0.2, 0.25) is 0 Å². The molecule has 0 radical (unpaired) electrons. The van der Waals surface area contributed by atoms with Crippen molar-refractivity contribution in [3.63, 3.8) is 0 Å². The molecule has 0 saturated heterocycles. The van der Waals surface area contributed by atoms with E-state index in [1.165, 1.54) is 31.2 Å². The molecule has 2 N–H and O–H groups in total. The summed E-state index contributed by atoms with van der Waals surface area (Å²) in [5, 5.41) is 13.4. The first-order chi connectivity index (χ1) is 8.32. The second kappa shape index (κ2) is 4.43. The van der Waals surface area contributed by atoms with Crippen LogP contribution in [0.3, 0.4) is 0 Å². The molecule has 2 fully saturated rings. The molecule has 3 rings (SSSR count). The lowest BCUT2D eigenvalue weighted by molar-refractivity contribution is 0.104. The van der Waals surface area contributed by atoms with Gasteiger partial charge in [-0.05, 0) is 36.7 Å². The molecule has 2 aliphatic rings. The first-order valence-electron chi connectivity index (χ1n) is 6.72. The van der Waals surface area contributed by atoms with E-state index in [0.29, 0.717) is 12.5 Å². The maximum absolute atomic E-state index is 9.75. The Hall–Kier alpha value is -0.860. The summed E-state index contributed by atoms with van der Waals surface area (Å²) in [6.45, 7) is 1.17. The van der Waals surface area contributed by atoms with Crippen molar-refractivity contribution < 1.29 is 5.11 Å². The van der Waals surface area contributed by atoms with Crippen molar-refractivity contribution in [3.05, 3.63) is 35.9 Å². The van der Waals surface area contributed by atoms with Gasteiger partial charge in [-0.3, -0.25) is 0 Å². The van der Waals surface area contributed by atoms with E-state index >= 15 is 0 Å². The molecule has 2 aliphatic carbocycles. The molecular weight excluding hydrogens is 210 g/mol. The van der Waals surface area contributed by atoms with E-state index in [1.54, 1.807) is 0 Å². The maximum atomic E-state index is 9.75. The average molecular weight is 231 g/mol. The molecule has 2 nitrogen and oxygen atoms in total. The summed E-state index contributed by atoms with van der Waals surface area (Å²) in [4.78, 5) is 0. The van der Waals surface area contributed by atoms with Gasteiger partial charge in [0, 0.05) is 12.1 Å². The van der Waals surface area contributed by atoms with Gasteiger partial charge in [0.1, 0.15) is 0 Å². The molecule has 0 amide bonds. The molecule has 17 heavy (non-hydrogen) atoms. The van der Waals surface area contributed by atoms with Gasteiger partial charge in [0.25, 0.3) is 0 Å². The number of hydrogen-bond donors (Lipinski definition) is 2. The van der Waals surface area contributed by atoms with Crippen molar-refractivity contribution in [2.75, 3.05) is 6.61 Å². The highest BCUT2D eigenvalue weighted by atomic mass is 16.3. The largest absolute Gasteiger partial charge is 0.394 e. The van der Waals surface area contributed by atoms with Crippen LogP contribution in [0.4, 0.5) is 0 Å². The third kappa shape index (κ3) is 2.00. The number of rotatable bonds is 4. The Morgan fingerprint density at radius 1 is 1.24 bits per heavy atom. The second-order valence-corrected chi connectivity index (χ2v) is 5.73. The first kappa shape index (κ1) is 11.2. The zero-order valence-electron chi connectivity index (χ0n) is 10.2. The van der Waals surface area contributed by atoms with Gasteiger partial charge in [0.15, 0.2) is 0 Å². The lowest BCUT2D eigenvalue weighted by atomic mass is 9.81. The van der Waals surface area contributed by atoms with Crippen molar-refractivity contribution >= 4 is 0 Å². The van der Waals surface area contributed by atoms with E-state index in [1.807, 2.05) is 6.07 Å². The minimum atomic E-state index is 0.0127. The summed E-state index contributed by atoms with van der Waals surface area (Å²) < 4.78 is 0. The van der Waals surface area contributed by atoms with Crippen molar-refractivity contribution in [1.29, 1.82) is 0 Å². The van der Waals surface area contributed by atoms with E-state index < -0.39 is 0 Å². The predicted octanol–water partition coefficient (Wildman–Crippen LogP) is 2.33. The molecule has 0 aromatic heterocycles. The summed E-state index contributed by atoms with van der Waals surface area (Å²) in [6.07, 6.45) is 5.16. The van der Waals surface area contributed by atoms with Crippen molar-refractivity contribution in [2.24, 2.45) is 11.8 Å². The van der Waals surface area contributed by atoms with Crippen molar-refractivity contribution in [1.82, 2.24) is 5.32 Å². The van der Waals surface area contributed by atoms with Crippen LogP contribution < -0.4 is 5.32 Å². The lowest BCUT2D eigenvalue weighted by Gasteiger charge is -2.37. The van der Waals surface area contributed by atoms with Gasteiger partial charge in [0.05, 0.1) is 6.61 Å². The topological polar surface area (TPSA) is 32.3 Å². The molecule has 2 heteroatoms. The fourth-order valence-electron chi connectivity index (χ4n) is 3.78. The quantitative estimate of drug-likeness (QED) is 0.833. The highest BCUT2D eigenvalue weighted by Crippen LogP contribution is 2.50. The van der Waals surface area contributed by atoms with Gasteiger partial charge < -0.3 is 10.4 Å². The molecule has 0 heterocycles. The van der Waals surface area contributed by atoms with E-state index in [0.717, 1.165) is 12.5 Å². The molecule has 2 saturated carbocycles. The number of fused-ring (bicyclic) bond motifs is 2. The number of aliphatic hydroxyl groups is 1. The Morgan fingerprint density at radius 2 is 2.06 bits per heavy atom. The Kier molecular flexibility index (Phi) is 2.93. The fraction of sp³-hybridized carbons (Fsp3) is 0.600. The summed E-state index contributed by atoms with van der Waals surface area (Å²) in [5.41, 5.74) is 1.32. The zero-order valence-corrected chi connectivity index (χ0v) is 10.2. The number of nitrogens with one attached hydrogen (secondary N) is 1. The minimum absolute atomic E-state index is 0.0127. The van der Waals surface area contributed by atoms with Gasteiger partial charge in [-0.2, -0.15) is 0 Å². The van der Waals surface area contributed by atoms with E-state index in [-0.39, 0.29) is 5.54 Å². The predicted molar refractivity (Wildman–Crippen MR) is 68.5 cm³/mol. The summed E-state index contributed by atoms with van der Waals surface area (Å²) in [5.74, 6) is 1.55. The monoisotopic (exact) mass is 231 g/mol. The molecule has 1 aromatic rings. The molecule has 2 bridgehead atoms. The van der Waals surface area contributed by atoms with Crippen LogP contribution in [0.25, 0.3) is 0 Å². The summed E-state index contributed by atoms with van der Waals surface area (Å²) in [6, 6.07) is 10.5. The molecule has 0 aliphatic heterocycles. The molecule has 92 valence electrons. The Balaban J connectivity index is 1.67. The van der Waals surface area contributed by atoms with E-state index in [9.17, 15) is 5.11 Å². The maximum Gasteiger partial charge on any atom is 0.0616 e. The van der Waals surface area contributed by atoms with E-state index in [4.69, 9.17) is 0 Å². The van der Waals surface area contributed by atoms with Crippen molar-refractivity contribution in [2.45, 2.75) is 37.8 Å². The molecule has 0 spiro atoms. The Bertz CT molecular complexity index is 378.